The fourth-order valence-corrected chi connectivity index (χ4v) is 3.86. The Labute approximate surface area is 125 Å². The molecule has 0 saturated heterocycles. The predicted octanol–water partition coefficient (Wildman–Crippen LogP) is 3.25. The standard InChI is InChI=1S/C12H13BrN2O2S2/c1-8-7-14-12(18-8)9(2)15-19(16,17)11-5-3-10(13)4-6-11/h3-7,9,15H,1-2H3. The molecule has 0 aliphatic rings. The maximum Gasteiger partial charge on any atom is 0.241 e. The summed E-state index contributed by atoms with van der Waals surface area (Å²) in [5, 5.41) is 0.762. The first-order valence-electron chi connectivity index (χ1n) is 5.59. The molecule has 0 aliphatic heterocycles. The van der Waals surface area contributed by atoms with E-state index >= 15 is 0 Å². The van der Waals surface area contributed by atoms with Gasteiger partial charge in [0.05, 0.1) is 10.9 Å². The second-order valence-corrected chi connectivity index (χ2v) is 8.00. The SMILES string of the molecule is Cc1cnc(C(C)NS(=O)(=O)c2ccc(Br)cc2)s1. The van der Waals surface area contributed by atoms with Crippen molar-refractivity contribution in [2.75, 3.05) is 0 Å². The molecule has 1 N–H and O–H groups in total. The highest BCUT2D eigenvalue weighted by molar-refractivity contribution is 9.10. The van der Waals surface area contributed by atoms with Crippen LogP contribution in [0.4, 0.5) is 0 Å². The molecule has 19 heavy (non-hydrogen) atoms. The lowest BCUT2D eigenvalue weighted by Crippen LogP contribution is -2.26. The monoisotopic (exact) mass is 360 g/mol. The molecule has 0 saturated carbocycles. The van der Waals surface area contributed by atoms with Gasteiger partial charge in [0.15, 0.2) is 0 Å². The zero-order valence-electron chi connectivity index (χ0n) is 10.4. The number of hydrogen-bond donors (Lipinski definition) is 1. The Kier molecular flexibility index (Phi) is 4.39. The molecule has 2 rings (SSSR count). The molecule has 1 atom stereocenters. The van der Waals surface area contributed by atoms with Crippen LogP contribution >= 0.6 is 27.3 Å². The van der Waals surface area contributed by atoms with E-state index in [2.05, 4.69) is 25.6 Å². The lowest BCUT2D eigenvalue weighted by molar-refractivity contribution is 0.566. The van der Waals surface area contributed by atoms with E-state index in [9.17, 15) is 8.42 Å². The van der Waals surface area contributed by atoms with Gasteiger partial charge in [-0.25, -0.2) is 18.1 Å². The zero-order valence-corrected chi connectivity index (χ0v) is 13.6. The summed E-state index contributed by atoms with van der Waals surface area (Å²) < 4.78 is 27.8. The number of rotatable bonds is 4. The normalized spacial score (nSPS) is 13.4. The average Bonchev–Trinajstić information content (AvgIpc) is 2.76. The highest BCUT2D eigenvalue weighted by Crippen LogP contribution is 2.22. The van der Waals surface area contributed by atoms with Gasteiger partial charge in [-0.1, -0.05) is 15.9 Å². The highest BCUT2D eigenvalue weighted by atomic mass is 79.9. The van der Waals surface area contributed by atoms with Gasteiger partial charge in [-0.05, 0) is 38.1 Å². The highest BCUT2D eigenvalue weighted by Gasteiger charge is 2.19. The van der Waals surface area contributed by atoms with Crippen LogP contribution in [-0.2, 0) is 10.0 Å². The minimum absolute atomic E-state index is 0.246. The molecule has 1 aromatic heterocycles. The number of benzene rings is 1. The van der Waals surface area contributed by atoms with Crippen molar-refractivity contribution in [2.45, 2.75) is 24.8 Å². The molecule has 0 spiro atoms. The number of thiazole rings is 1. The molecule has 1 heterocycles. The summed E-state index contributed by atoms with van der Waals surface area (Å²) in [7, 11) is -3.52. The van der Waals surface area contributed by atoms with Crippen molar-refractivity contribution < 1.29 is 8.42 Å². The minimum Gasteiger partial charge on any atom is -0.248 e. The van der Waals surface area contributed by atoms with Crippen LogP contribution in [0.1, 0.15) is 22.9 Å². The van der Waals surface area contributed by atoms with Crippen LogP contribution in [0.25, 0.3) is 0 Å². The quantitative estimate of drug-likeness (QED) is 0.910. The Hall–Kier alpha value is -0.760. The van der Waals surface area contributed by atoms with E-state index in [0.717, 1.165) is 14.4 Å². The third-order valence-electron chi connectivity index (χ3n) is 2.47. The molecule has 1 unspecified atom stereocenters. The van der Waals surface area contributed by atoms with Gasteiger partial charge >= 0.3 is 0 Å². The van der Waals surface area contributed by atoms with Crippen LogP contribution in [-0.4, -0.2) is 13.4 Å². The van der Waals surface area contributed by atoms with Gasteiger partial charge in [-0.15, -0.1) is 11.3 Å². The predicted molar refractivity (Wildman–Crippen MR) is 79.7 cm³/mol. The van der Waals surface area contributed by atoms with E-state index in [1.807, 2.05) is 6.92 Å². The summed E-state index contributed by atoms with van der Waals surface area (Å²) in [6.45, 7) is 3.73. The van der Waals surface area contributed by atoms with Crippen molar-refractivity contribution in [3.05, 3.63) is 44.8 Å². The maximum atomic E-state index is 12.2. The Morgan fingerprint density at radius 1 is 1.32 bits per heavy atom. The molecule has 1 aromatic carbocycles. The van der Waals surface area contributed by atoms with E-state index in [-0.39, 0.29) is 10.9 Å². The Bertz CT molecular complexity index is 665. The van der Waals surface area contributed by atoms with Crippen molar-refractivity contribution in [1.29, 1.82) is 0 Å². The Balaban J connectivity index is 2.19. The molecule has 7 heteroatoms. The molecule has 102 valence electrons. The summed E-state index contributed by atoms with van der Waals surface area (Å²) >= 11 is 4.77. The first-order valence-corrected chi connectivity index (χ1v) is 8.68. The minimum atomic E-state index is -3.52. The van der Waals surface area contributed by atoms with Crippen molar-refractivity contribution in [3.8, 4) is 0 Å². The molecule has 0 bridgehead atoms. The first kappa shape index (κ1) is 14.6. The summed E-state index contributed by atoms with van der Waals surface area (Å²) in [5.41, 5.74) is 0. The van der Waals surface area contributed by atoms with Gasteiger partial charge in [0.25, 0.3) is 0 Å². The fourth-order valence-electron chi connectivity index (χ4n) is 1.54. The number of nitrogens with zero attached hydrogens (tertiary/aromatic N) is 1. The van der Waals surface area contributed by atoms with Crippen molar-refractivity contribution in [3.63, 3.8) is 0 Å². The topological polar surface area (TPSA) is 59.1 Å². The largest absolute Gasteiger partial charge is 0.248 e. The molecule has 2 aromatic rings. The molecule has 0 fully saturated rings. The lowest BCUT2D eigenvalue weighted by Gasteiger charge is -2.11. The molecule has 0 amide bonds. The van der Waals surface area contributed by atoms with Crippen LogP contribution in [0.2, 0.25) is 0 Å². The molecule has 4 nitrogen and oxygen atoms in total. The third kappa shape index (κ3) is 3.62. The van der Waals surface area contributed by atoms with E-state index in [1.165, 1.54) is 11.3 Å². The smallest absolute Gasteiger partial charge is 0.241 e. The second-order valence-electron chi connectivity index (χ2n) is 4.11. The van der Waals surface area contributed by atoms with Gasteiger partial charge < -0.3 is 0 Å². The number of hydrogen-bond acceptors (Lipinski definition) is 4. The fraction of sp³-hybridized carbons (Fsp3) is 0.250. The van der Waals surface area contributed by atoms with Crippen molar-refractivity contribution in [2.24, 2.45) is 0 Å². The van der Waals surface area contributed by atoms with Crippen LogP contribution < -0.4 is 4.72 Å². The van der Waals surface area contributed by atoms with Gasteiger partial charge in [-0.2, -0.15) is 0 Å². The number of nitrogens with one attached hydrogen (secondary N) is 1. The first-order chi connectivity index (χ1) is 8.88. The molecule has 0 radical (unpaired) electrons. The maximum absolute atomic E-state index is 12.2. The van der Waals surface area contributed by atoms with E-state index in [1.54, 1.807) is 37.4 Å². The van der Waals surface area contributed by atoms with Crippen molar-refractivity contribution in [1.82, 2.24) is 9.71 Å². The van der Waals surface area contributed by atoms with Crippen LogP contribution in [0.5, 0.6) is 0 Å². The third-order valence-corrected chi connectivity index (χ3v) is 5.65. The van der Waals surface area contributed by atoms with Crippen LogP contribution in [0, 0.1) is 6.92 Å². The molecular formula is C12H13BrN2O2S2. The lowest BCUT2D eigenvalue weighted by atomic mass is 10.4. The summed E-state index contributed by atoms with van der Waals surface area (Å²) in [5.74, 6) is 0. The zero-order chi connectivity index (χ0) is 14.0. The van der Waals surface area contributed by atoms with Crippen molar-refractivity contribution >= 4 is 37.3 Å². The summed E-state index contributed by atoms with van der Waals surface area (Å²) in [4.78, 5) is 5.50. The number of sulfonamides is 1. The van der Waals surface area contributed by atoms with Gasteiger partial charge in [0, 0.05) is 15.5 Å². The molecule has 0 aliphatic carbocycles. The number of aryl methyl sites for hydroxylation is 1. The van der Waals surface area contributed by atoms with E-state index in [4.69, 9.17) is 0 Å². The van der Waals surface area contributed by atoms with Gasteiger partial charge in [-0.3, -0.25) is 0 Å². The van der Waals surface area contributed by atoms with E-state index < -0.39 is 10.0 Å². The van der Waals surface area contributed by atoms with E-state index in [0.29, 0.717) is 0 Å². The van der Waals surface area contributed by atoms with Crippen LogP contribution in [0.3, 0.4) is 0 Å². The molecular weight excluding hydrogens is 348 g/mol. The summed E-state index contributed by atoms with van der Waals surface area (Å²) in [6.07, 6.45) is 1.74. The average molecular weight is 361 g/mol. The Morgan fingerprint density at radius 2 is 1.95 bits per heavy atom. The number of halogens is 1. The number of aromatic nitrogens is 1. The van der Waals surface area contributed by atoms with Gasteiger partial charge in [0.1, 0.15) is 5.01 Å². The van der Waals surface area contributed by atoms with Crippen LogP contribution in [0.15, 0.2) is 39.8 Å². The van der Waals surface area contributed by atoms with Gasteiger partial charge in [0.2, 0.25) is 10.0 Å². The summed E-state index contributed by atoms with van der Waals surface area (Å²) in [6, 6.07) is 6.19. The Morgan fingerprint density at radius 3 is 2.47 bits per heavy atom. The second kappa shape index (κ2) is 5.70.